The van der Waals surface area contributed by atoms with Gasteiger partial charge in [-0.25, -0.2) is 4.98 Å². The Balaban J connectivity index is 1.82. The van der Waals surface area contributed by atoms with Crippen LogP contribution in [0.3, 0.4) is 0 Å². The Kier molecular flexibility index (Phi) is 6.11. The van der Waals surface area contributed by atoms with E-state index in [1.807, 2.05) is 31.3 Å². The molecule has 0 spiro atoms. The van der Waals surface area contributed by atoms with Gasteiger partial charge in [0.1, 0.15) is 5.82 Å². The molecule has 0 aliphatic carbocycles. The zero-order valence-corrected chi connectivity index (χ0v) is 16.5. The van der Waals surface area contributed by atoms with Gasteiger partial charge in [-0.15, -0.1) is 0 Å². The van der Waals surface area contributed by atoms with Crippen LogP contribution in [0.1, 0.15) is 41.7 Å². The second-order valence-corrected chi connectivity index (χ2v) is 7.25. The number of likely N-dealkylation sites (tertiary alicyclic amines) is 1. The molecule has 1 aliphatic rings. The highest BCUT2D eigenvalue weighted by Crippen LogP contribution is 2.34. The predicted octanol–water partition coefficient (Wildman–Crippen LogP) is 2.16. The van der Waals surface area contributed by atoms with Crippen LogP contribution in [0.2, 0.25) is 0 Å². The number of hydrogen-bond donors (Lipinski definition) is 3. The van der Waals surface area contributed by atoms with Gasteiger partial charge in [-0.05, 0) is 48.6 Å². The molecule has 8 nitrogen and oxygen atoms in total. The summed E-state index contributed by atoms with van der Waals surface area (Å²) in [4.78, 5) is 42.8. The van der Waals surface area contributed by atoms with E-state index in [4.69, 9.17) is 5.73 Å². The van der Waals surface area contributed by atoms with Crippen molar-refractivity contribution in [1.82, 2.24) is 9.88 Å². The van der Waals surface area contributed by atoms with Crippen molar-refractivity contribution in [2.24, 2.45) is 11.7 Å². The number of aromatic nitrogens is 1. The second kappa shape index (κ2) is 8.72. The number of anilines is 2. The van der Waals surface area contributed by atoms with E-state index >= 15 is 0 Å². The summed E-state index contributed by atoms with van der Waals surface area (Å²) in [6.45, 7) is 2.54. The number of nitrogens with zero attached hydrogens (tertiary/aromatic N) is 2. The molecule has 1 aliphatic heterocycles. The molecule has 0 saturated carbocycles. The molecule has 1 saturated heterocycles. The predicted molar refractivity (Wildman–Crippen MR) is 110 cm³/mol. The van der Waals surface area contributed by atoms with Crippen molar-refractivity contribution < 1.29 is 14.4 Å². The maximum atomic E-state index is 13.0. The van der Waals surface area contributed by atoms with Crippen LogP contribution in [0, 0.1) is 5.92 Å². The van der Waals surface area contributed by atoms with Crippen molar-refractivity contribution in [2.75, 3.05) is 24.2 Å². The fourth-order valence-corrected chi connectivity index (χ4v) is 3.59. The summed E-state index contributed by atoms with van der Waals surface area (Å²) in [7, 11) is 1.84. The lowest BCUT2D eigenvalue weighted by Gasteiger charge is -2.38. The number of carbonyl (C=O) groups is 3. The van der Waals surface area contributed by atoms with E-state index in [0.29, 0.717) is 6.54 Å². The fraction of sp³-hybridized carbons (Fsp3) is 0.333. The van der Waals surface area contributed by atoms with Crippen LogP contribution in [0.25, 0.3) is 0 Å². The lowest BCUT2D eigenvalue weighted by Crippen LogP contribution is -2.46. The Morgan fingerprint density at radius 3 is 2.52 bits per heavy atom. The minimum atomic E-state index is -0.836. The minimum absolute atomic E-state index is 0.0154. The number of benzene rings is 1. The molecule has 4 N–H and O–H groups in total. The van der Waals surface area contributed by atoms with E-state index in [1.54, 1.807) is 4.90 Å². The second-order valence-electron chi connectivity index (χ2n) is 7.25. The third-order valence-corrected chi connectivity index (χ3v) is 5.16. The molecule has 2 atom stereocenters. The molecule has 152 valence electrons. The number of piperidine rings is 1. The van der Waals surface area contributed by atoms with Crippen molar-refractivity contribution >= 4 is 29.2 Å². The number of rotatable bonds is 4. The number of nitrogens with one attached hydrogen (secondary N) is 2. The van der Waals surface area contributed by atoms with Gasteiger partial charge in [0.25, 0.3) is 5.91 Å². The molecule has 2 heterocycles. The van der Waals surface area contributed by atoms with E-state index in [9.17, 15) is 14.4 Å². The van der Waals surface area contributed by atoms with Gasteiger partial charge in [0.2, 0.25) is 0 Å². The summed E-state index contributed by atoms with van der Waals surface area (Å²) in [5, 5.41) is 5.51. The maximum absolute atomic E-state index is 13.0. The molecule has 1 aromatic heterocycles. The number of carbonyl (C=O) groups excluding carboxylic acids is 3. The fourth-order valence-electron chi connectivity index (χ4n) is 3.59. The molecule has 1 fully saturated rings. The smallest absolute Gasteiger partial charge is 0.315 e. The standard InChI is InChI=1S/C21H25N5O3/c1-13-5-10-17(14-6-8-15(23-2)9-7-14)26(12-13)21(29)20(28)25-19-16(18(22)27)4-3-11-24-19/h3-4,6-9,11,13,17,23H,5,10,12H2,1-2H3,(H2,22,27)(H,24,25,28)/t13-,17+/m1/s1. The number of pyridine rings is 1. The van der Waals surface area contributed by atoms with Gasteiger partial charge in [0.05, 0.1) is 11.6 Å². The van der Waals surface area contributed by atoms with E-state index in [0.717, 1.165) is 24.1 Å². The first-order valence-corrected chi connectivity index (χ1v) is 9.55. The Morgan fingerprint density at radius 1 is 1.14 bits per heavy atom. The van der Waals surface area contributed by atoms with E-state index < -0.39 is 17.7 Å². The van der Waals surface area contributed by atoms with Crippen LogP contribution in [0.5, 0.6) is 0 Å². The van der Waals surface area contributed by atoms with Crippen LogP contribution in [-0.4, -0.2) is 41.2 Å². The zero-order valence-electron chi connectivity index (χ0n) is 16.5. The van der Waals surface area contributed by atoms with Crippen LogP contribution in [0.15, 0.2) is 42.6 Å². The Morgan fingerprint density at radius 2 is 1.86 bits per heavy atom. The average Bonchev–Trinajstić information content (AvgIpc) is 2.73. The molecule has 3 amide bonds. The summed E-state index contributed by atoms with van der Waals surface area (Å²) in [6.07, 6.45) is 3.16. The van der Waals surface area contributed by atoms with Crippen molar-refractivity contribution in [2.45, 2.75) is 25.8 Å². The van der Waals surface area contributed by atoms with Crippen molar-refractivity contribution in [3.05, 3.63) is 53.7 Å². The molecule has 2 aromatic rings. The summed E-state index contributed by atoms with van der Waals surface area (Å²) < 4.78 is 0. The number of nitrogens with two attached hydrogens (primary N) is 1. The third-order valence-electron chi connectivity index (χ3n) is 5.16. The molecule has 29 heavy (non-hydrogen) atoms. The van der Waals surface area contributed by atoms with Gasteiger partial charge >= 0.3 is 11.8 Å². The van der Waals surface area contributed by atoms with Crippen molar-refractivity contribution in [3.8, 4) is 0 Å². The molecule has 0 radical (unpaired) electrons. The summed E-state index contributed by atoms with van der Waals surface area (Å²) in [5.41, 5.74) is 7.33. The summed E-state index contributed by atoms with van der Waals surface area (Å²) in [6, 6.07) is 10.6. The molecule has 0 bridgehead atoms. The Bertz CT molecular complexity index is 913. The minimum Gasteiger partial charge on any atom is -0.388 e. The highest BCUT2D eigenvalue weighted by Gasteiger charge is 2.34. The quantitative estimate of drug-likeness (QED) is 0.686. The zero-order chi connectivity index (χ0) is 21.0. The van der Waals surface area contributed by atoms with E-state index in [1.165, 1.54) is 18.3 Å². The molecule has 3 rings (SSSR count). The first-order valence-electron chi connectivity index (χ1n) is 9.55. The normalized spacial score (nSPS) is 18.8. The number of hydrogen-bond acceptors (Lipinski definition) is 5. The monoisotopic (exact) mass is 395 g/mol. The van der Waals surface area contributed by atoms with Crippen LogP contribution in [0.4, 0.5) is 11.5 Å². The Labute approximate surface area is 169 Å². The van der Waals surface area contributed by atoms with Crippen LogP contribution >= 0.6 is 0 Å². The summed E-state index contributed by atoms with van der Waals surface area (Å²) in [5.74, 6) is -1.94. The molecule has 0 unspecified atom stereocenters. The van der Waals surface area contributed by atoms with E-state index in [-0.39, 0.29) is 23.3 Å². The topological polar surface area (TPSA) is 117 Å². The van der Waals surface area contributed by atoms with Gasteiger partial charge in [-0.3, -0.25) is 14.4 Å². The number of primary amides is 1. The van der Waals surface area contributed by atoms with Gasteiger partial charge in [0.15, 0.2) is 0 Å². The highest BCUT2D eigenvalue weighted by atomic mass is 16.2. The van der Waals surface area contributed by atoms with Crippen LogP contribution in [-0.2, 0) is 9.59 Å². The summed E-state index contributed by atoms with van der Waals surface area (Å²) >= 11 is 0. The maximum Gasteiger partial charge on any atom is 0.315 e. The number of amides is 3. The molecule has 8 heteroatoms. The van der Waals surface area contributed by atoms with Gasteiger partial charge in [0, 0.05) is 25.5 Å². The Hall–Kier alpha value is -3.42. The van der Waals surface area contributed by atoms with E-state index in [2.05, 4.69) is 22.5 Å². The average molecular weight is 395 g/mol. The van der Waals surface area contributed by atoms with Gasteiger partial charge in [-0.2, -0.15) is 0 Å². The SMILES string of the molecule is CNc1ccc([C@@H]2CC[C@@H](C)CN2C(=O)C(=O)Nc2ncccc2C(N)=O)cc1. The molecular formula is C21H25N5O3. The first kappa shape index (κ1) is 20.3. The highest BCUT2D eigenvalue weighted by molar-refractivity contribution is 6.39. The third kappa shape index (κ3) is 4.53. The van der Waals surface area contributed by atoms with Crippen molar-refractivity contribution in [3.63, 3.8) is 0 Å². The molecule has 1 aromatic carbocycles. The van der Waals surface area contributed by atoms with Gasteiger partial charge < -0.3 is 21.3 Å². The van der Waals surface area contributed by atoms with Crippen molar-refractivity contribution in [1.29, 1.82) is 0 Å². The van der Waals surface area contributed by atoms with Gasteiger partial charge in [-0.1, -0.05) is 19.1 Å². The molecular weight excluding hydrogens is 370 g/mol. The largest absolute Gasteiger partial charge is 0.388 e. The first-order chi connectivity index (χ1) is 13.9. The lowest BCUT2D eigenvalue weighted by atomic mass is 9.89. The lowest BCUT2D eigenvalue weighted by molar-refractivity contribution is -0.146. The van der Waals surface area contributed by atoms with Crippen LogP contribution < -0.4 is 16.4 Å².